The maximum absolute atomic E-state index is 9.23. The Kier molecular flexibility index (Phi) is 4.22. The van der Waals surface area contributed by atoms with Gasteiger partial charge in [-0.15, -0.1) is 0 Å². The first-order valence-electron chi connectivity index (χ1n) is 6.62. The molecule has 0 amide bonds. The molecule has 1 heterocycles. The van der Waals surface area contributed by atoms with E-state index in [1.807, 2.05) is 19.1 Å². The van der Waals surface area contributed by atoms with Crippen LogP contribution in [0.1, 0.15) is 30.9 Å². The zero-order valence-electron chi connectivity index (χ0n) is 11.1. The van der Waals surface area contributed by atoms with Crippen molar-refractivity contribution >= 4 is 5.69 Å². The Labute approximate surface area is 109 Å². The Morgan fingerprint density at radius 3 is 3.06 bits per heavy atom. The second kappa shape index (κ2) is 5.88. The third kappa shape index (κ3) is 2.65. The molecule has 3 heteroatoms. The third-order valence-corrected chi connectivity index (χ3v) is 3.45. The summed E-state index contributed by atoms with van der Waals surface area (Å²) in [5, 5.41) is 9.23. The highest BCUT2D eigenvalue weighted by atomic mass is 16.5. The van der Waals surface area contributed by atoms with Crippen LogP contribution in [-0.4, -0.2) is 25.8 Å². The van der Waals surface area contributed by atoms with Gasteiger partial charge in [0.25, 0.3) is 0 Å². The molecule has 1 aliphatic heterocycles. The lowest BCUT2D eigenvalue weighted by molar-refractivity contribution is 0.0526. The van der Waals surface area contributed by atoms with Gasteiger partial charge in [0.05, 0.1) is 17.4 Å². The molecule has 2 rings (SSSR count). The first kappa shape index (κ1) is 12.9. The van der Waals surface area contributed by atoms with Gasteiger partial charge in [0.1, 0.15) is 6.07 Å². The molecule has 1 aromatic carbocycles. The van der Waals surface area contributed by atoms with Crippen LogP contribution < -0.4 is 4.90 Å². The van der Waals surface area contributed by atoms with Crippen molar-refractivity contribution < 1.29 is 4.74 Å². The third-order valence-electron chi connectivity index (χ3n) is 3.45. The van der Waals surface area contributed by atoms with Crippen molar-refractivity contribution in [2.24, 2.45) is 0 Å². The van der Waals surface area contributed by atoms with Crippen LogP contribution in [0.2, 0.25) is 0 Å². The van der Waals surface area contributed by atoms with Gasteiger partial charge in [-0.1, -0.05) is 12.1 Å². The second-order valence-electron chi connectivity index (χ2n) is 4.75. The molecule has 0 aliphatic carbocycles. The summed E-state index contributed by atoms with van der Waals surface area (Å²) in [5.74, 6) is 0. The van der Waals surface area contributed by atoms with Crippen LogP contribution in [0.25, 0.3) is 0 Å². The first-order valence-corrected chi connectivity index (χ1v) is 6.62. The summed E-state index contributed by atoms with van der Waals surface area (Å²) >= 11 is 0. The maximum atomic E-state index is 9.23. The fourth-order valence-corrected chi connectivity index (χ4v) is 2.68. The lowest BCUT2D eigenvalue weighted by Gasteiger charge is -2.35. The number of benzene rings is 1. The average Bonchev–Trinajstić information content (AvgIpc) is 2.39. The second-order valence-corrected chi connectivity index (χ2v) is 4.75. The molecule has 1 aliphatic rings. The normalized spacial score (nSPS) is 19.6. The summed E-state index contributed by atoms with van der Waals surface area (Å²) < 4.78 is 5.72. The Morgan fingerprint density at radius 1 is 1.50 bits per heavy atom. The van der Waals surface area contributed by atoms with Crippen LogP contribution in [0.3, 0.4) is 0 Å². The summed E-state index contributed by atoms with van der Waals surface area (Å²) in [4.78, 5) is 2.30. The number of nitriles is 1. The molecule has 1 fully saturated rings. The van der Waals surface area contributed by atoms with Crippen LogP contribution in [0.4, 0.5) is 5.69 Å². The van der Waals surface area contributed by atoms with E-state index in [1.54, 1.807) is 0 Å². The number of hydrogen-bond acceptors (Lipinski definition) is 3. The zero-order valence-corrected chi connectivity index (χ0v) is 11.1. The molecule has 0 bridgehead atoms. The van der Waals surface area contributed by atoms with Crippen molar-refractivity contribution in [3.63, 3.8) is 0 Å². The van der Waals surface area contributed by atoms with Gasteiger partial charge in [-0.3, -0.25) is 0 Å². The highest BCUT2D eigenvalue weighted by Crippen LogP contribution is 2.28. The largest absolute Gasteiger partial charge is 0.377 e. The SMILES string of the molecule is CCOC1CCCN(c2c(C)cccc2C#N)C1. The topological polar surface area (TPSA) is 36.3 Å². The summed E-state index contributed by atoms with van der Waals surface area (Å²) in [7, 11) is 0. The van der Waals surface area contributed by atoms with Crippen LogP contribution in [-0.2, 0) is 4.74 Å². The molecule has 0 N–H and O–H groups in total. The van der Waals surface area contributed by atoms with E-state index in [4.69, 9.17) is 4.74 Å². The minimum atomic E-state index is 0.301. The Morgan fingerprint density at radius 2 is 2.33 bits per heavy atom. The van der Waals surface area contributed by atoms with Crippen LogP contribution >= 0.6 is 0 Å². The highest BCUT2D eigenvalue weighted by Gasteiger charge is 2.23. The van der Waals surface area contributed by atoms with Gasteiger partial charge < -0.3 is 9.64 Å². The van der Waals surface area contributed by atoms with Crippen LogP contribution in [0.15, 0.2) is 18.2 Å². The minimum Gasteiger partial charge on any atom is -0.377 e. The molecule has 1 aromatic rings. The molecular formula is C15H20N2O. The minimum absolute atomic E-state index is 0.301. The lowest BCUT2D eigenvalue weighted by atomic mass is 10.0. The van der Waals surface area contributed by atoms with Crippen LogP contribution in [0, 0.1) is 18.3 Å². The standard InChI is InChI=1S/C15H20N2O/c1-3-18-14-8-5-9-17(11-14)15-12(2)6-4-7-13(15)10-16/h4,6-7,14H,3,5,8-9,11H2,1-2H3. The first-order chi connectivity index (χ1) is 8.76. The highest BCUT2D eigenvalue weighted by molar-refractivity contribution is 5.64. The smallest absolute Gasteiger partial charge is 0.101 e. The summed E-state index contributed by atoms with van der Waals surface area (Å²) in [5.41, 5.74) is 3.03. The number of ether oxygens (including phenoxy) is 1. The summed E-state index contributed by atoms with van der Waals surface area (Å²) in [6.45, 7) is 6.78. The zero-order chi connectivity index (χ0) is 13.0. The lowest BCUT2D eigenvalue weighted by Crippen LogP contribution is -2.40. The van der Waals surface area contributed by atoms with Gasteiger partial charge >= 0.3 is 0 Å². The average molecular weight is 244 g/mol. The molecule has 96 valence electrons. The van der Waals surface area contributed by atoms with Crippen molar-refractivity contribution in [1.29, 1.82) is 5.26 Å². The van der Waals surface area contributed by atoms with Crippen molar-refractivity contribution in [2.45, 2.75) is 32.8 Å². The fourth-order valence-electron chi connectivity index (χ4n) is 2.68. The molecule has 1 unspecified atom stereocenters. The van der Waals surface area contributed by atoms with E-state index in [0.717, 1.165) is 43.8 Å². The van der Waals surface area contributed by atoms with Gasteiger partial charge in [0, 0.05) is 19.7 Å². The van der Waals surface area contributed by atoms with Crippen molar-refractivity contribution in [1.82, 2.24) is 0 Å². The van der Waals surface area contributed by atoms with Gasteiger partial charge in [0.15, 0.2) is 0 Å². The van der Waals surface area contributed by atoms with E-state index in [1.165, 1.54) is 5.56 Å². The fraction of sp³-hybridized carbons (Fsp3) is 0.533. The van der Waals surface area contributed by atoms with E-state index < -0.39 is 0 Å². The predicted molar refractivity (Wildman–Crippen MR) is 72.8 cm³/mol. The molecular weight excluding hydrogens is 224 g/mol. The van der Waals surface area contributed by atoms with E-state index in [2.05, 4.69) is 24.0 Å². The van der Waals surface area contributed by atoms with Gasteiger partial charge in [0.2, 0.25) is 0 Å². The monoisotopic (exact) mass is 244 g/mol. The Balaban J connectivity index is 2.23. The van der Waals surface area contributed by atoms with Gasteiger partial charge in [-0.2, -0.15) is 5.26 Å². The molecule has 0 spiro atoms. The molecule has 0 saturated carbocycles. The molecule has 1 saturated heterocycles. The van der Waals surface area contributed by atoms with E-state index in [0.29, 0.717) is 6.10 Å². The number of hydrogen-bond donors (Lipinski definition) is 0. The van der Waals surface area contributed by atoms with E-state index >= 15 is 0 Å². The number of aryl methyl sites for hydroxylation is 1. The van der Waals surface area contributed by atoms with E-state index in [9.17, 15) is 5.26 Å². The molecule has 3 nitrogen and oxygen atoms in total. The number of anilines is 1. The van der Waals surface area contributed by atoms with Gasteiger partial charge in [-0.05, 0) is 38.3 Å². The molecule has 1 atom stereocenters. The molecule has 18 heavy (non-hydrogen) atoms. The van der Waals surface area contributed by atoms with E-state index in [-0.39, 0.29) is 0 Å². The van der Waals surface area contributed by atoms with Crippen molar-refractivity contribution in [3.8, 4) is 6.07 Å². The molecule has 0 aromatic heterocycles. The summed E-state index contributed by atoms with van der Waals surface area (Å²) in [6, 6.07) is 8.21. The maximum Gasteiger partial charge on any atom is 0.101 e. The number of piperidine rings is 1. The number of para-hydroxylation sites is 1. The van der Waals surface area contributed by atoms with Gasteiger partial charge in [-0.25, -0.2) is 0 Å². The van der Waals surface area contributed by atoms with Crippen molar-refractivity contribution in [3.05, 3.63) is 29.3 Å². The predicted octanol–water partition coefficient (Wildman–Crippen LogP) is 2.87. The van der Waals surface area contributed by atoms with Crippen molar-refractivity contribution in [2.75, 3.05) is 24.6 Å². The Bertz CT molecular complexity index is 448. The van der Waals surface area contributed by atoms with Crippen LogP contribution in [0.5, 0.6) is 0 Å². The summed E-state index contributed by atoms with van der Waals surface area (Å²) in [6.07, 6.45) is 2.55. The Hall–Kier alpha value is -1.53. The number of nitrogens with zero attached hydrogens (tertiary/aromatic N) is 2. The molecule has 0 radical (unpaired) electrons. The number of rotatable bonds is 3. The quantitative estimate of drug-likeness (QED) is 0.820.